The van der Waals surface area contributed by atoms with Gasteiger partial charge in [-0.15, -0.1) is 11.3 Å². The van der Waals surface area contributed by atoms with Crippen molar-refractivity contribution in [3.05, 3.63) is 51.4 Å². The molecule has 0 saturated carbocycles. The highest BCUT2D eigenvalue weighted by Gasteiger charge is 2.35. The number of carbonyl (C=O) groups is 2. The first-order valence-electron chi connectivity index (χ1n) is 10.4. The van der Waals surface area contributed by atoms with Crippen molar-refractivity contribution in [2.75, 3.05) is 11.9 Å². The Hall–Kier alpha value is -1.58. The van der Waals surface area contributed by atoms with E-state index in [1.807, 2.05) is 19.1 Å². The van der Waals surface area contributed by atoms with Gasteiger partial charge in [-0.05, 0) is 69.4 Å². The second-order valence-electron chi connectivity index (χ2n) is 7.55. The molecule has 1 aliphatic carbocycles. The molecule has 6 nitrogen and oxygen atoms in total. The minimum absolute atomic E-state index is 0.0969. The standard InChI is InChI=1S/C22H24Cl3N3O3S2/c1-3-31-19(30)16-14-6-4-5-7-15(14)33-18(16)27-21(32)28-20(22(23,24)25)26-17(29)13-10-8-12(2)9-11-13/h8-11,20H,3-7H2,1-2H3,(H,26,29)(H2,27,28,32)/t20-/m1/s1. The summed E-state index contributed by atoms with van der Waals surface area (Å²) in [5.41, 5.74) is 2.93. The molecular weight excluding hydrogens is 525 g/mol. The molecule has 178 valence electrons. The van der Waals surface area contributed by atoms with Crippen LogP contribution < -0.4 is 16.0 Å². The molecule has 0 fully saturated rings. The van der Waals surface area contributed by atoms with Crippen molar-refractivity contribution in [1.82, 2.24) is 10.6 Å². The topological polar surface area (TPSA) is 79.5 Å². The summed E-state index contributed by atoms with van der Waals surface area (Å²) in [6, 6.07) is 6.99. The summed E-state index contributed by atoms with van der Waals surface area (Å²) in [6.07, 6.45) is 2.66. The van der Waals surface area contributed by atoms with Crippen molar-refractivity contribution in [3.63, 3.8) is 0 Å². The van der Waals surface area contributed by atoms with Crippen molar-refractivity contribution in [3.8, 4) is 0 Å². The van der Waals surface area contributed by atoms with Crippen LogP contribution in [0.1, 0.15) is 56.5 Å². The predicted octanol–water partition coefficient (Wildman–Crippen LogP) is 5.52. The predicted molar refractivity (Wildman–Crippen MR) is 139 cm³/mol. The van der Waals surface area contributed by atoms with E-state index in [1.54, 1.807) is 19.1 Å². The van der Waals surface area contributed by atoms with Gasteiger partial charge in [0.05, 0.1) is 12.2 Å². The van der Waals surface area contributed by atoms with Crippen molar-refractivity contribution < 1.29 is 14.3 Å². The number of anilines is 1. The lowest BCUT2D eigenvalue weighted by atomic mass is 9.95. The fourth-order valence-corrected chi connectivity index (χ4v) is 5.36. The van der Waals surface area contributed by atoms with Gasteiger partial charge in [0.2, 0.25) is 3.79 Å². The molecule has 0 bridgehead atoms. The number of thiocarbonyl (C=S) groups is 1. The number of esters is 1. The van der Waals surface area contributed by atoms with Crippen molar-refractivity contribution in [1.29, 1.82) is 0 Å². The molecule has 11 heteroatoms. The number of thiophene rings is 1. The second-order valence-corrected chi connectivity index (χ2v) is 11.4. The van der Waals surface area contributed by atoms with Crippen LogP contribution >= 0.6 is 58.4 Å². The second kappa shape index (κ2) is 11.2. The summed E-state index contributed by atoms with van der Waals surface area (Å²) >= 11 is 25.2. The first-order valence-corrected chi connectivity index (χ1v) is 12.8. The number of carbonyl (C=O) groups excluding carboxylic acids is 2. The monoisotopic (exact) mass is 547 g/mol. The maximum absolute atomic E-state index is 12.7. The Bertz CT molecular complexity index is 1040. The van der Waals surface area contributed by atoms with E-state index in [4.69, 9.17) is 51.8 Å². The summed E-state index contributed by atoms with van der Waals surface area (Å²) in [7, 11) is 0. The maximum Gasteiger partial charge on any atom is 0.341 e. The van der Waals surface area contributed by atoms with Crippen molar-refractivity contribution >= 4 is 80.3 Å². The molecule has 1 amide bonds. The Morgan fingerprint density at radius 1 is 1.15 bits per heavy atom. The van der Waals surface area contributed by atoms with Crippen molar-refractivity contribution in [2.45, 2.75) is 49.5 Å². The van der Waals surface area contributed by atoms with Gasteiger partial charge in [0.15, 0.2) is 5.11 Å². The third-order valence-corrected chi connectivity index (χ3v) is 7.15. The molecule has 1 aliphatic rings. The van der Waals surface area contributed by atoms with Crippen LogP contribution in [0.15, 0.2) is 24.3 Å². The van der Waals surface area contributed by atoms with E-state index >= 15 is 0 Å². The lowest BCUT2D eigenvalue weighted by Gasteiger charge is -2.27. The fraction of sp³-hybridized carbons (Fsp3) is 0.409. The molecule has 2 aromatic rings. The van der Waals surface area contributed by atoms with Gasteiger partial charge in [0.25, 0.3) is 5.91 Å². The van der Waals surface area contributed by atoms with E-state index < -0.39 is 21.8 Å². The van der Waals surface area contributed by atoms with Crippen LogP contribution in [-0.2, 0) is 17.6 Å². The summed E-state index contributed by atoms with van der Waals surface area (Å²) in [4.78, 5) is 26.4. The normalized spacial score (nSPS) is 14.1. The molecule has 1 aromatic heterocycles. The molecule has 1 heterocycles. The van der Waals surface area contributed by atoms with E-state index in [-0.39, 0.29) is 11.7 Å². The zero-order chi connectivity index (χ0) is 24.2. The highest BCUT2D eigenvalue weighted by atomic mass is 35.6. The summed E-state index contributed by atoms with van der Waals surface area (Å²) in [5, 5.41) is 9.21. The summed E-state index contributed by atoms with van der Waals surface area (Å²) in [6.45, 7) is 3.95. The average molecular weight is 549 g/mol. The zero-order valence-electron chi connectivity index (χ0n) is 18.1. The Labute approximate surface area is 217 Å². The fourth-order valence-electron chi connectivity index (χ4n) is 3.46. The number of hydrogen-bond donors (Lipinski definition) is 3. The van der Waals surface area contributed by atoms with Gasteiger partial charge in [-0.3, -0.25) is 4.79 Å². The highest BCUT2D eigenvalue weighted by Crippen LogP contribution is 2.38. The van der Waals surface area contributed by atoms with Gasteiger partial charge >= 0.3 is 5.97 Å². The van der Waals surface area contributed by atoms with Gasteiger partial charge in [-0.2, -0.15) is 0 Å². The van der Waals surface area contributed by atoms with E-state index in [2.05, 4.69) is 16.0 Å². The Morgan fingerprint density at radius 3 is 2.45 bits per heavy atom. The lowest BCUT2D eigenvalue weighted by molar-refractivity contribution is 0.0526. The largest absolute Gasteiger partial charge is 0.462 e. The van der Waals surface area contributed by atoms with Gasteiger partial charge in [-0.1, -0.05) is 52.5 Å². The number of aryl methyl sites for hydroxylation is 2. The molecule has 0 unspecified atom stereocenters. The number of halogens is 3. The third-order valence-electron chi connectivity index (χ3n) is 5.07. The van der Waals surface area contributed by atoms with Gasteiger partial charge in [0.1, 0.15) is 11.2 Å². The minimum atomic E-state index is -1.90. The van der Waals surface area contributed by atoms with Gasteiger partial charge in [0, 0.05) is 10.4 Å². The summed E-state index contributed by atoms with van der Waals surface area (Å²) in [5.74, 6) is -0.826. The molecular formula is C22H24Cl3N3O3S2. The van der Waals surface area contributed by atoms with Crippen LogP contribution in [0.3, 0.4) is 0 Å². The number of rotatable bonds is 6. The van der Waals surface area contributed by atoms with E-state index in [1.165, 1.54) is 11.3 Å². The van der Waals surface area contributed by atoms with Crippen LogP contribution in [0, 0.1) is 6.92 Å². The first kappa shape index (κ1) is 26.0. The van der Waals surface area contributed by atoms with E-state index in [9.17, 15) is 9.59 Å². The summed E-state index contributed by atoms with van der Waals surface area (Å²) < 4.78 is 3.37. The lowest BCUT2D eigenvalue weighted by Crippen LogP contribution is -2.56. The van der Waals surface area contributed by atoms with Crippen LogP contribution in [-0.4, -0.2) is 33.6 Å². The number of alkyl halides is 3. The SMILES string of the molecule is CCOC(=O)c1c(NC(=S)N[C@@H](NC(=O)c2ccc(C)cc2)C(Cl)(Cl)Cl)sc2c1CCCC2. The highest BCUT2D eigenvalue weighted by molar-refractivity contribution is 7.80. The number of ether oxygens (including phenoxy) is 1. The molecule has 0 aliphatic heterocycles. The number of fused-ring (bicyclic) bond motifs is 1. The van der Waals surface area contributed by atoms with Crippen LogP contribution in [0.25, 0.3) is 0 Å². The minimum Gasteiger partial charge on any atom is -0.462 e. The molecule has 0 saturated heterocycles. The Kier molecular flexibility index (Phi) is 8.86. The number of hydrogen-bond acceptors (Lipinski definition) is 5. The third kappa shape index (κ3) is 6.73. The quantitative estimate of drug-likeness (QED) is 0.191. The van der Waals surface area contributed by atoms with Crippen LogP contribution in [0.2, 0.25) is 0 Å². The smallest absolute Gasteiger partial charge is 0.341 e. The first-order chi connectivity index (χ1) is 15.6. The van der Waals surface area contributed by atoms with Crippen LogP contribution in [0.4, 0.5) is 5.00 Å². The average Bonchev–Trinajstić information content (AvgIpc) is 3.10. The molecule has 1 atom stereocenters. The number of benzene rings is 1. The van der Waals surface area contributed by atoms with Crippen LogP contribution in [0.5, 0.6) is 0 Å². The molecule has 3 N–H and O–H groups in total. The molecule has 1 aromatic carbocycles. The van der Waals surface area contributed by atoms with Gasteiger partial charge in [-0.25, -0.2) is 4.79 Å². The number of amides is 1. The molecule has 3 rings (SSSR count). The molecule has 0 spiro atoms. The number of nitrogens with one attached hydrogen (secondary N) is 3. The van der Waals surface area contributed by atoms with Crippen molar-refractivity contribution in [2.24, 2.45) is 0 Å². The molecule has 33 heavy (non-hydrogen) atoms. The van der Waals surface area contributed by atoms with E-state index in [0.717, 1.165) is 41.7 Å². The molecule has 0 radical (unpaired) electrons. The maximum atomic E-state index is 12.7. The van der Waals surface area contributed by atoms with E-state index in [0.29, 0.717) is 16.1 Å². The zero-order valence-corrected chi connectivity index (χ0v) is 22.0. The van der Waals surface area contributed by atoms with Gasteiger partial charge < -0.3 is 20.7 Å². The Morgan fingerprint density at radius 2 is 1.82 bits per heavy atom. The Balaban J connectivity index is 1.77.